The monoisotopic (exact) mass is 380 g/mol. The van der Waals surface area contributed by atoms with E-state index < -0.39 is 0 Å². The number of phenols is 2. The predicted molar refractivity (Wildman–Crippen MR) is 113 cm³/mol. The van der Waals surface area contributed by atoms with Crippen LogP contribution >= 0.6 is 0 Å². The van der Waals surface area contributed by atoms with Gasteiger partial charge >= 0.3 is 0 Å². The molecule has 0 bridgehead atoms. The Morgan fingerprint density at radius 1 is 1.04 bits per heavy atom. The molecule has 148 valence electrons. The molecule has 28 heavy (non-hydrogen) atoms. The molecular weight excluding hydrogens is 352 g/mol. The van der Waals surface area contributed by atoms with Gasteiger partial charge in [-0.05, 0) is 76.9 Å². The molecule has 0 aliphatic rings. The lowest BCUT2D eigenvalue weighted by molar-refractivity contribution is 0.104. The van der Waals surface area contributed by atoms with Gasteiger partial charge < -0.3 is 14.9 Å². The Labute approximate surface area is 166 Å². The van der Waals surface area contributed by atoms with Gasteiger partial charge in [0.05, 0.1) is 5.56 Å². The maximum Gasteiger partial charge on any atom is 0.189 e. The van der Waals surface area contributed by atoms with Crippen LogP contribution in [0.2, 0.25) is 0 Å². The molecule has 0 unspecified atom stereocenters. The molecule has 2 N–H and O–H groups in total. The summed E-state index contributed by atoms with van der Waals surface area (Å²) < 4.78 is 5.78. The predicted octanol–water partition coefficient (Wildman–Crippen LogP) is 5.68. The second-order valence-corrected chi connectivity index (χ2v) is 7.93. The molecule has 2 aromatic carbocycles. The minimum absolute atomic E-state index is 0.0232. The number of carbonyl (C=O) groups is 1. The third-order valence-electron chi connectivity index (χ3n) is 3.97. The van der Waals surface area contributed by atoms with Gasteiger partial charge in [-0.1, -0.05) is 29.9 Å². The fourth-order valence-electron chi connectivity index (χ4n) is 2.59. The standard InChI is InChI=1S/C24H28O4/c1-16(2)6-12-19-22(26)15-13-20(23(19)27)21(25)14-9-17-7-10-18(11-8-17)28-24(3,4)5/h6-11,13-15,26-27H,12H2,1-5H3/b14-9+. The molecule has 0 aliphatic carbocycles. The Balaban J connectivity index is 2.18. The van der Waals surface area contributed by atoms with E-state index >= 15 is 0 Å². The van der Waals surface area contributed by atoms with E-state index in [9.17, 15) is 15.0 Å². The lowest BCUT2D eigenvalue weighted by Gasteiger charge is -2.21. The van der Waals surface area contributed by atoms with Crippen molar-refractivity contribution in [3.05, 3.63) is 70.8 Å². The average Bonchev–Trinajstić information content (AvgIpc) is 2.59. The van der Waals surface area contributed by atoms with Crippen LogP contribution in [-0.2, 0) is 6.42 Å². The number of phenolic OH excluding ortho intramolecular Hbond substituents is 2. The van der Waals surface area contributed by atoms with Gasteiger partial charge in [-0.25, -0.2) is 0 Å². The van der Waals surface area contributed by atoms with Crippen LogP contribution in [0.15, 0.2) is 54.1 Å². The molecule has 0 fully saturated rings. The van der Waals surface area contributed by atoms with Gasteiger partial charge in [0.15, 0.2) is 5.78 Å². The summed E-state index contributed by atoms with van der Waals surface area (Å²) in [6.07, 6.45) is 5.35. The molecule has 0 atom stereocenters. The van der Waals surface area contributed by atoms with Gasteiger partial charge in [-0.2, -0.15) is 0 Å². The first kappa shape index (κ1) is 21.3. The number of ketones is 1. The maximum absolute atomic E-state index is 12.5. The first-order chi connectivity index (χ1) is 13.1. The Morgan fingerprint density at radius 2 is 1.68 bits per heavy atom. The van der Waals surface area contributed by atoms with Crippen LogP contribution in [0.4, 0.5) is 0 Å². The molecule has 0 amide bonds. The van der Waals surface area contributed by atoms with Crippen molar-refractivity contribution in [3.63, 3.8) is 0 Å². The smallest absolute Gasteiger partial charge is 0.189 e. The zero-order valence-corrected chi connectivity index (χ0v) is 17.1. The minimum atomic E-state index is -0.328. The number of hydrogen-bond acceptors (Lipinski definition) is 4. The first-order valence-electron chi connectivity index (χ1n) is 9.25. The Bertz CT molecular complexity index is 893. The zero-order valence-electron chi connectivity index (χ0n) is 17.1. The number of allylic oxidation sites excluding steroid dienone is 3. The van der Waals surface area contributed by atoms with Crippen molar-refractivity contribution in [1.29, 1.82) is 0 Å². The molecular formula is C24H28O4. The maximum atomic E-state index is 12.5. The molecule has 4 nitrogen and oxygen atoms in total. The van der Waals surface area contributed by atoms with Crippen LogP contribution in [0.3, 0.4) is 0 Å². The second-order valence-electron chi connectivity index (χ2n) is 7.93. The fourth-order valence-corrected chi connectivity index (χ4v) is 2.59. The number of rotatable bonds is 6. The molecule has 0 aliphatic heterocycles. The third kappa shape index (κ3) is 6.02. The van der Waals surface area contributed by atoms with E-state index in [4.69, 9.17) is 4.74 Å². The van der Waals surface area contributed by atoms with Crippen molar-refractivity contribution in [2.75, 3.05) is 0 Å². The molecule has 0 aromatic heterocycles. The van der Waals surface area contributed by atoms with Crippen molar-refractivity contribution >= 4 is 11.9 Å². The summed E-state index contributed by atoms with van der Waals surface area (Å²) in [5.74, 6) is 0.230. The molecule has 0 saturated heterocycles. The summed E-state index contributed by atoms with van der Waals surface area (Å²) in [6, 6.07) is 10.3. The molecule has 4 heteroatoms. The number of aromatic hydroxyl groups is 2. The van der Waals surface area contributed by atoms with Gasteiger partial charge in [-0.3, -0.25) is 4.79 Å². The van der Waals surface area contributed by atoms with Gasteiger partial charge in [-0.15, -0.1) is 0 Å². The Hall–Kier alpha value is -3.01. The highest BCUT2D eigenvalue weighted by molar-refractivity contribution is 6.09. The van der Waals surface area contributed by atoms with Crippen LogP contribution in [0.5, 0.6) is 17.2 Å². The van der Waals surface area contributed by atoms with Crippen LogP contribution < -0.4 is 4.74 Å². The topological polar surface area (TPSA) is 66.8 Å². The normalized spacial score (nSPS) is 11.5. The zero-order chi connectivity index (χ0) is 20.9. The number of carbonyl (C=O) groups excluding carboxylic acids is 1. The Kier molecular flexibility index (Phi) is 6.68. The SMILES string of the molecule is CC(C)=CCc1c(O)ccc(C(=O)/C=C/c2ccc(OC(C)(C)C)cc2)c1O. The highest BCUT2D eigenvalue weighted by atomic mass is 16.5. The lowest BCUT2D eigenvalue weighted by atomic mass is 10.0. The number of hydrogen-bond donors (Lipinski definition) is 2. The van der Waals surface area contributed by atoms with E-state index in [-0.39, 0.29) is 28.4 Å². The van der Waals surface area contributed by atoms with E-state index in [0.717, 1.165) is 16.9 Å². The van der Waals surface area contributed by atoms with E-state index in [1.165, 1.54) is 18.2 Å². The summed E-state index contributed by atoms with van der Waals surface area (Å²) in [5, 5.41) is 20.4. The van der Waals surface area contributed by atoms with Crippen molar-refractivity contribution in [1.82, 2.24) is 0 Å². The highest BCUT2D eigenvalue weighted by Gasteiger charge is 2.15. The van der Waals surface area contributed by atoms with Gasteiger partial charge in [0.1, 0.15) is 22.8 Å². The van der Waals surface area contributed by atoms with Crippen molar-refractivity contribution in [2.24, 2.45) is 0 Å². The summed E-state index contributed by atoms with van der Waals surface area (Å²) in [4.78, 5) is 12.5. The van der Waals surface area contributed by atoms with Gasteiger partial charge in [0.2, 0.25) is 0 Å². The lowest BCUT2D eigenvalue weighted by Crippen LogP contribution is -2.22. The summed E-state index contributed by atoms with van der Waals surface area (Å²) in [6.45, 7) is 9.81. The third-order valence-corrected chi connectivity index (χ3v) is 3.97. The number of ether oxygens (including phenoxy) is 1. The molecule has 0 spiro atoms. The first-order valence-corrected chi connectivity index (χ1v) is 9.25. The average molecular weight is 380 g/mol. The minimum Gasteiger partial charge on any atom is -0.508 e. The molecule has 0 heterocycles. The summed E-state index contributed by atoms with van der Waals surface area (Å²) >= 11 is 0. The number of benzene rings is 2. The quantitative estimate of drug-likeness (QED) is 0.384. The highest BCUT2D eigenvalue weighted by Crippen LogP contribution is 2.32. The van der Waals surface area contributed by atoms with Crippen LogP contribution in [-0.4, -0.2) is 21.6 Å². The Morgan fingerprint density at radius 3 is 2.25 bits per heavy atom. The van der Waals surface area contributed by atoms with E-state index in [0.29, 0.717) is 12.0 Å². The van der Waals surface area contributed by atoms with Gasteiger partial charge in [0.25, 0.3) is 0 Å². The molecule has 0 saturated carbocycles. The van der Waals surface area contributed by atoms with Crippen LogP contribution in [0.25, 0.3) is 6.08 Å². The van der Waals surface area contributed by atoms with Crippen LogP contribution in [0, 0.1) is 0 Å². The molecule has 2 rings (SSSR count). The van der Waals surface area contributed by atoms with Crippen molar-refractivity contribution in [2.45, 2.75) is 46.6 Å². The van der Waals surface area contributed by atoms with E-state index in [1.807, 2.05) is 65.0 Å². The largest absolute Gasteiger partial charge is 0.508 e. The van der Waals surface area contributed by atoms with Crippen molar-refractivity contribution < 1.29 is 19.7 Å². The summed E-state index contributed by atoms with van der Waals surface area (Å²) in [7, 11) is 0. The van der Waals surface area contributed by atoms with E-state index in [1.54, 1.807) is 6.08 Å². The van der Waals surface area contributed by atoms with Crippen molar-refractivity contribution in [3.8, 4) is 17.2 Å². The molecule has 0 radical (unpaired) electrons. The van der Waals surface area contributed by atoms with E-state index in [2.05, 4.69) is 0 Å². The molecule has 2 aromatic rings. The van der Waals surface area contributed by atoms with Crippen LogP contribution in [0.1, 0.15) is 56.1 Å². The van der Waals surface area contributed by atoms with Gasteiger partial charge in [0, 0.05) is 5.56 Å². The summed E-state index contributed by atoms with van der Waals surface area (Å²) in [5.41, 5.74) is 2.16. The fraction of sp³-hybridized carbons (Fsp3) is 0.292. The second kappa shape index (κ2) is 8.79.